The van der Waals surface area contributed by atoms with Crippen LogP contribution in [0.15, 0.2) is 48.5 Å². The van der Waals surface area contributed by atoms with E-state index in [2.05, 4.69) is 15.5 Å². The Kier molecular flexibility index (Phi) is 7.57. The van der Waals surface area contributed by atoms with Gasteiger partial charge in [-0.15, -0.1) is 0 Å². The van der Waals surface area contributed by atoms with Crippen molar-refractivity contribution in [3.63, 3.8) is 0 Å². The quantitative estimate of drug-likeness (QED) is 0.722. The Morgan fingerprint density at radius 2 is 1.87 bits per heavy atom. The molecule has 0 bridgehead atoms. The summed E-state index contributed by atoms with van der Waals surface area (Å²) in [5.74, 6) is -0.358. The van der Waals surface area contributed by atoms with Gasteiger partial charge in [0, 0.05) is 25.2 Å². The monoisotopic (exact) mass is 411 g/mol. The molecule has 1 aliphatic rings. The normalized spacial score (nSPS) is 17.0. The van der Waals surface area contributed by atoms with Crippen LogP contribution in [-0.2, 0) is 11.3 Å². The summed E-state index contributed by atoms with van der Waals surface area (Å²) < 4.78 is 14.0. The molecule has 0 radical (unpaired) electrons. The van der Waals surface area contributed by atoms with Crippen LogP contribution in [0.5, 0.6) is 0 Å². The Morgan fingerprint density at radius 1 is 1.13 bits per heavy atom. The maximum atomic E-state index is 14.0. The number of rotatable bonds is 7. The third kappa shape index (κ3) is 5.89. The fraction of sp³-hybridized carbons (Fsp3) is 0.417. The van der Waals surface area contributed by atoms with Crippen LogP contribution < -0.4 is 10.6 Å². The van der Waals surface area contributed by atoms with Gasteiger partial charge in [0.1, 0.15) is 5.82 Å². The molecule has 1 saturated heterocycles. The van der Waals surface area contributed by atoms with Crippen molar-refractivity contribution < 1.29 is 14.0 Å². The molecule has 2 N–H and O–H groups in total. The fourth-order valence-corrected chi connectivity index (χ4v) is 3.70. The molecule has 0 saturated carbocycles. The van der Waals surface area contributed by atoms with Gasteiger partial charge >= 0.3 is 0 Å². The van der Waals surface area contributed by atoms with E-state index in [4.69, 9.17) is 0 Å². The number of anilines is 1. The first-order valence-corrected chi connectivity index (χ1v) is 10.6. The van der Waals surface area contributed by atoms with Crippen LogP contribution in [0.3, 0.4) is 0 Å². The van der Waals surface area contributed by atoms with Gasteiger partial charge < -0.3 is 10.6 Å². The smallest absolute Gasteiger partial charge is 0.253 e. The highest BCUT2D eigenvalue weighted by atomic mass is 19.1. The lowest BCUT2D eigenvalue weighted by atomic mass is 9.96. The van der Waals surface area contributed by atoms with E-state index in [1.165, 1.54) is 6.07 Å². The molecule has 5 nitrogen and oxygen atoms in total. The molecule has 160 valence electrons. The van der Waals surface area contributed by atoms with E-state index in [0.29, 0.717) is 42.4 Å². The van der Waals surface area contributed by atoms with Gasteiger partial charge in [0.25, 0.3) is 5.91 Å². The molecule has 1 unspecified atom stereocenters. The number of likely N-dealkylation sites (tertiary alicyclic amines) is 1. The van der Waals surface area contributed by atoms with E-state index in [-0.39, 0.29) is 23.5 Å². The van der Waals surface area contributed by atoms with Gasteiger partial charge in [-0.25, -0.2) is 4.39 Å². The van der Waals surface area contributed by atoms with Gasteiger partial charge in [-0.1, -0.05) is 44.2 Å². The van der Waals surface area contributed by atoms with Crippen molar-refractivity contribution in [2.45, 2.75) is 33.2 Å². The predicted octanol–water partition coefficient (Wildman–Crippen LogP) is 4.06. The number of piperidine rings is 1. The van der Waals surface area contributed by atoms with E-state index in [9.17, 15) is 14.0 Å². The number of hydrogen-bond donors (Lipinski definition) is 2. The molecular formula is C24H30FN3O2. The average molecular weight is 412 g/mol. The Labute approximate surface area is 177 Å². The van der Waals surface area contributed by atoms with Crippen molar-refractivity contribution in [2.24, 2.45) is 11.8 Å². The van der Waals surface area contributed by atoms with E-state index in [1.54, 1.807) is 36.4 Å². The minimum Gasteiger partial charge on any atom is -0.352 e. The van der Waals surface area contributed by atoms with Crippen LogP contribution in [0.2, 0.25) is 0 Å². The summed E-state index contributed by atoms with van der Waals surface area (Å²) in [4.78, 5) is 27.6. The molecular weight excluding hydrogens is 381 g/mol. The first kappa shape index (κ1) is 22.0. The highest BCUT2D eigenvalue weighted by Gasteiger charge is 2.27. The zero-order valence-electron chi connectivity index (χ0n) is 17.7. The first-order chi connectivity index (χ1) is 14.4. The molecule has 1 heterocycles. The van der Waals surface area contributed by atoms with E-state index in [1.807, 2.05) is 19.9 Å². The molecule has 6 heteroatoms. The maximum absolute atomic E-state index is 14.0. The number of hydrogen-bond acceptors (Lipinski definition) is 3. The fourth-order valence-electron chi connectivity index (χ4n) is 3.70. The second-order valence-electron chi connectivity index (χ2n) is 8.30. The number of amides is 2. The van der Waals surface area contributed by atoms with Gasteiger partial charge in [0.05, 0.1) is 17.2 Å². The topological polar surface area (TPSA) is 61.4 Å². The summed E-state index contributed by atoms with van der Waals surface area (Å²) in [6, 6.07) is 13.8. The van der Waals surface area contributed by atoms with Crippen LogP contribution in [-0.4, -0.2) is 36.3 Å². The number of para-hydroxylation sites is 1. The first-order valence-electron chi connectivity index (χ1n) is 10.6. The standard InChI is InChI=1S/C24H30FN3O2/c1-17(2)14-26-24(30)20-10-4-6-12-22(20)27-23(29)19-9-7-13-28(16-19)15-18-8-3-5-11-21(18)25/h3-6,8,10-12,17,19H,7,9,13-16H2,1-2H3,(H,26,30)(H,27,29). The SMILES string of the molecule is CC(C)CNC(=O)c1ccccc1NC(=O)C1CCCN(Cc2ccccc2F)C1. The second-order valence-corrected chi connectivity index (χ2v) is 8.30. The maximum Gasteiger partial charge on any atom is 0.253 e. The summed E-state index contributed by atoms with van der Waals surface area (Å²) in [5, 5.41) is 5.84. The second kappa shape index (κ2) is 10.3. The van der Waals surface area contributed by atoms with Crippen molar-refractivity contribution in [3.8, 4) is 0 Å². The number of benzene rings is 2. The summed E-state index contributed by atoms with van der Waals surface area (Å²) in [6.07, 6.45) is 1.66. The van der Waals surface area contributed by atoms with Gasteiger partial charge in [-0.05, 0) is 43.5 Å². The van der Waals surface area contributed by atoms with Crippen molar-refractivity contribution in [1.29, 1.82) is 0 Å². The third-order valence-electron chi connectivity index (χ3n) is 5.33. The summed E-state index contributed by atoms with van der Waals surface area (Å²) in [6.45, 7) is 6.54. The van der Waals surface area contributed by atoms with Gasteiger partial charge in [0.15, 0.2) is 0 Å². The lowest BCUT2D eigenvalue weighted by Crippen LogP contribution is -2.40. The van der Waals surface area contributed by atoms with E-state index >= 15 is 0 Å². The van der Waals surface area contributed by atoms with Gasteiger partial charge in [-0.2, -0.15) is 0 Å². The number of nitrogens with one attached hydrogen (secondary N) is 2. The summed E-state index contributed by atoms with van der Waals surface area (Å²) in [5.41, 5.74) is 1.63. The molecule has 1 fully saturated rings. The Balaban J connectivity index is 1.63. The van der Waals surface area contributed by atoms with Crippen molar-refractivity contribution in [2.75, 3.05) is 25.0 Å². The van der Waals surface area contributed by atoms with Crippen molar-refractivity contribution in [1.82, 2.24) is 10.2 Å². The lowest BCUT2D eigenvalue weighted by molar-refractivity contribution is -0.121. The van der Waals surface area contributed by atoms with E-state index in [0.717, 1.165) is 19.4 Å². The minimum absolute atomic E-state index is 0.0997. The molecule has 1 aliphatic heterocycles. The molecule has 2 aromatic rings. The van der Waals surface area contributed by atoms with Gasteiger partial charge in [-0.3, -0.25) is 14.5 Å². The van der Waals surface area contributed by atoms with Crippen molar-refractivity contribution in [3.05, 3.63) is 65.5 Å². The predicted molar refractivity (Wildman–Crippen MR) is 117 cm³/mol. The highest BCUT2D eigenvalue weighted by molar-refractivity contribution is 6.04. The summed E-state index contributed by atoms with van der Waals surface area (Å²) in [7, 11) is 0. The zero-order chi connectivity index (χ0) is 21.5. The van der Waals surface area contributed by atoms with E-state index < -0.39 is 0 Å². The lowest BCUT2D eigenvalue weighted by Gasteiger charge is -2.32. The molecule has 0 spiro atoms. The Bertz CT molecular complexity index is 884. The number of nitrogens with zero attached hydrogens (tertiary/aromatic N) is 1. The Hall–Kier alpha value is -2.73. The summed E-state index contributed by atoms with van der Waals surface area (Å²) >= 11 is 0. The van der Waals surface area contributed by atoms with Crippen LogP contribution in [0.1, 0.15) is 42.6 Å². The molecule has 0 aliphatic carbocycles. The van der Waals surface area contributed by atoms with Gasteiger partial charge in [0.2, 0.25) is 5.91 Å². The molecule has 3 rings (SSSR count). The average Bonchev–Trinajstić information content (AvgIpc) is 2.74. The number of halogens is 1. The molecule has 2 aromatic carbocycles. The van der Waals surface area contributed by atoms with Crippen LogP contribution in [0.25, 0.3) is 0 Å². The van der Waals surface area contributed by atoms with Crippen LogP contribution in [0.4, 0.5) is 10.1 Å². The number of carbonyl (C=O) groups is 2. The minimum atomic E-state index is -0.217. The zero-order valence-corrected chi connectivity index (χ0v) is 17.7. The molecule has 30 heavy (non-hydrogen) atoms. The highest BCUT2D eigenvalue weighted by Crippen LogP contribution is 2.22. The third-order valence-corrected chi connectivity index (χ3v) is 5.33. The van der Waals surface area contributed by atoms with Crippen molar-refractivity contribution >= 4 is 17.5 Å². The Morgan fingerprint density at radius 3 is 2.63 bits per heavy atom. The molecule has 1 atom stereocenters. The van der Waals surface area contributed by atoms with Crippen LogP contribution >= 0.6 is 0 Å². The number of carbonyl (C=O) groups excluding carboxylic acids is 2. The molecule has 2 amide bonds. The molecule has 0 aromatic heterocycles. The largest absolute Gasteiger partial charge is 0.352 e. The van der Waals surface area contributed by atoms with Crippen LogP contribution in [0, 0.1) is 17.7 Å².